The molecule has 0 heterocycles. The normalized spacial score (nSPS) is 13.5. The van der Waals surface area contributed by atoms with Gasteiger partial charge in [-0.25, -0.2) is 4.99 Å². The third kappa shape index (κ3) is 6.20. The average molecular weight is 418 g/mol. The van der Waals surface area contributed by atoms with Crippen LogP contribution in [0.2, 0.25) is 0 Å². The second-order valence-electron chi connectivity index (χ2n) is 6.41. The highest BCUT2D eigenvalue weighted by Crippen LogP contribution is 2.29. The summed E-state index contributed by atoms with van der Waals surface area (Å²) in [7, 11) is 0. The molecule has 0 fully saturated rings. The summed E-state index contributed by atoms with van der Waals surface area (Å²) in [6, 6.07) is 11.7. The molecule has 0 spiro atoms. The number of aliphatic imine (C=N–C) groups is 1. The van der Waals surface area contributed by atoms with E-state index in [4.69, 9.17) is 5.73 Å². The van der Waals surface area contributed by atoms with Gasteiger partial charge >= 0.3 is 6.18 Å². The van der Waals surface area contributed by atoms with Crippen LogP contribution in [0.15, 0.2) is 71.4 Å². The SMILES string of the molecule is C/C(=C/N)C(=Nc1ccccc1)NC(=O)C(C)NC(=O)c1cccc(C(F)(F)F)c1. The minimum Gasteiger partial charge on any atom is -0.404 e. The molecule has 0 aliphatic carbocycles. The van der Waals surface area contributed by atoms with Gasteiger partial charge < -0.3 is 16.4 Å². The zero-order chi connectivity index (χ0) is 22.3. The standard InChI is InChI=1S/C21H21F3N4O2/c1-13(12-25)18(27-17-9-4-3-5-10-17)28-19(29)14(2)26-20(30)15-7-6-8-16(11-15)21(22,23)24/h3-12,14H,25H2,1-2H3,(H,26,30)(H,27,28,29)/b13-12-. The number of nitrogens with zero attached hydrogens (tertiary/aromatic N) is 1. The Hall–Kier alpha value is -3.62. The number of carbonyl (C=O) groups excluding carboxylic acids is 2. The quantitative estimate of drug-likeness (QED) is 0.512. The van der Waals surface area contributed by atoms with Crippen molar-refractivity contribution in [3.05, 3.63) is 77.5 Å². The van der Waals surface area contributed by atoms with Crippen LogP contribution in [-0.4, -0.2) is 23.7 Å². The molecule has 0 saturated heterocycles. The molecule has 1 unspecified atom stereocenters. The summed E-state index contributed by atoms with van der Waals surface area (Å²) >= 11 is 0. The van der Waals surface area contributed by atoms with Crippen molar-refractivity contribution in [2.45, 2.75) is 26.1 Å². The lowest BCUT2D eigenvalue weighted by molar-refractivity contribution is -0.137. The monoisotopic (exact) mass is 418 g/mol. The zero-order valence-electron chi connectivity index (χ0n) is 16.3. The highest BCUT2D eigenvalue weighted by Gasteiger charge is 2.31. The lowest BCUT2D eigenvalue weighted by atomic mass is 10.1. The van der Waals surface area contributed by atoms with E-state index in [9.17, 15) is 22.8 Å². The Morgan fingerprint density at radius 1 is 1.10 bits per heavy atom. The molecule has 0 radical (unpaired) electrons. The van der Waals surface area contributed by atoms with Crippen LogP contribution < -0.4 is 16.4 Å². The van der Waals surface area contributed by atoms with Gasteiger partial charge in [0, 0.05) is 17.3 Å². The fourth-order valence-electron chi connectivity index (χ4n) is 2.33. The third-order valence-electron chi connectivity index (χ3n) is 4.06. The van der Waals surface area contributed by atoms with Gasteiger partial charge in [0.15, 0.2) is 0 Å². The van der Waals surface area contributed by atoms with E-state index in [0.717, 1.165) is 18.2 Å². The summed E-state index contributed by atoms with van der Waals surface area (Å²) in [6.45, 7) is 3.05. The van der Waals surface area contributed by atoms with Gasteiger partial charge in [-0.05, 0) is 44.2 Å². The number of amides is 2. The van der Waals surface area contributed by atoms with Gasteiger partial charge in [-0.15, -0.1) is 0 Å². The number of nitrogens with two attached hydrogens (primary N) is 1. The molecule has 0 aliphatic heterocycles. The first kappa shape index (κ1) is 22.7. The van der Waals surface area contributed by atoms with Crippen molar-refractivity contribution in [1.29, 1.82) is 0 Å². The average Bonchev–Trinajstić information content (AvgIpc) is 2.72. The van der Waals surface area contributed by atoms with E-state index in [0.29, 0.717) is 11.3 Å². The molecule has 158 valence electrons. The fraction of sp³-hybridized carbons (Fsp3) is 0.190. The summed E-state index contributed by atoms with van der Waals surface area (Å²) in [5.41, 5.74) is 5.44. The predicted molar refractivity (Wildman–Crippen MR) is 108 cm³/mol. The van der Waals surface area contributed by atoms with Crippen molar-refractivity contribution < 1.29 is 22.8 Å². The number of nitrogens with one attached hydrogen (secondary N) is 2. The van der Waals surface area contributed by atoms with E-state index in [1.165, 1.54) is 19.2 Å². The molecule has 1 atom stereocenters. The highest BCUT2D eigenvalue weighted by atomic mass is 19.4. The molecule has 2 rings (SSSR count). The molecule has 2 aromatic rings. The largest absolute Gasteiger partial charge is 0.416 e. The molecule has 0 bridgehead atoms. The van der Waals surface area contributed by atoms with Gasteiger partial charge in [0.25, 0.3) is 5.91 Å². The number of amidine groups is 1. The Morgan fingerprint density at radius 2 is 1.77 bits per heavy atom. The molecule has 6 nitrogen and oxygen atoms in total. The highest BCUT2D eigenvalue weighted by molar-refractivity contribution is 6.10. The molecule has 0 saturated carbocycles. The van der Waals surface area contributed by atoms with Crippen LogP contribution >= 0.6 is 0 Å². The van der Waals surface area contributed by atoms with Crippen molar-refractivity contribution in [1.82, 2.24) is 10.6 Å². The first-order valence-corrected chi connectivity index (χ1v) is 8.93. The molecule has 0 aliphatic rings. The molecule has 2 aromatic carbocycles. The van der Waals surface area contributed by atoms with E-state index in [1.807, 2.05) is 6.07 Å². The van der Waals surface area contributed by atoms with Crippen LogP contribution in [0, 0.1) is 0 Å². The van der Waals surface area contributed by atoms with Crippen molar-refractivity contribution in [2.75, 3.05) is 0 Å². The van der Waals surface area contributed by atoms with Crippen molar-refractivity contribution in [2.24, 2.45) is 10.7 Å². The molecule has 4 N–H and O–H groups in total. The molecule has 9 heteroatoms. The minimum atomic E-state index is -4.58. The van der Waals surface area contributed by atoms with Crippen LogP contribution in [0.4, 0.5) is 18.9 Å². The first-order valence-electron chi connectivity index (χ1n) is 8.93. The Balaban J connectivity index is 2.12. The summed E-state index contributed by atoms with van der Waals surface area (Å²) < 4.78 is 38.5. The van der Waals surface area contributed by atoms with Gasteiger partial charge in [-0.3, -0.25) is 9.59 Å². The topological polar surface area (TPSA) is 96.6 Å². The molecule has 30 heavy (non-hydrogen) atoms. The van der Waals surface area contributed by atoms with E-state index in [1.54, 1.807) is 31.2 Å². The predicted octanol–water partition coefficient (Wildman–Crippen LogP) is 3.53. The van der Waals surface area contributed by atoms with Gasteiger partial charge in [0.2, 0.25) is 5.91 Å². The Morgan fingerprint density at radius 3 is 2.37 bits per heavy atom. The fourth-order valence-corrected chi connectivity index (χ4v) is 2.33. The summed E-state index contributed by atoms with van der Waals surface area (Å²) in [5, 5.41) is 4.95. The first-order chi connectivity index (χ1) is 14.1. The maximum absolute atomic E-state index is 12.8. The van der Waals surface area contributed by atoms with Gasteiger partial charge in [0.1, 0.15) is 11.9 Å². The maximum Gasteiger partial charge on any atom is 0.416 e. The van der Waals surface area contributed by atoms with E-state index < -0.39 is 29.6 Å². The summed E-state index contributed by atoms with van der Waals surface area (Å²) in [5.74, 6) is -1.23. The van der Waals surface area contributed by atoms with E-state index >= 15 is 0 Å². The number of rotatable bonds is 5. The third-order valence-corrected chi connectivity index (χ3v) is 4.06. The maximum atomic E-state index is 12.8. The molecule has 0 aromatic heterocycles. The number of hydrogen-bond acceptors (Lipinski definition) is 4. The number of hydrogen-bond donors (Lipinski definition) is 3. The Labute approximate surface area is 171 Å². The van der Waals surface area contributed by atoms with Crippen LogP contribution in [-0.2, 0) is 11.0 Å². The molecule has 2 amide bonds. The molecular weight excluding hydrogens is 397 g/mol. The lowest BCUT2D eigenvalue weighted by Gasteiger charge is -2.16. The van der Waals surface area contributed by atoms with Gasteiger partial charge in [0.05, 0.1) is 11.3 Å². The minimum absolute atomic E-state index is 0.189. The van der Waals surface area contributed by atoms with E-state index in [2.05, 4.69) is 15.6 Å². The van der Waals surface area contributed by atoms with Crippen LogP contribution in [0.3, 0.4) is 0 Å². The van der Waals surface area contributed by atoms with Gasteiger partial charge in [-0.1, -0.05) is 24.3 Å². The van der Waals surface area contributed by atoms with Crippen LogP contribution in [0.1, 0.15) is 29.8 Å². The molecular formula is C21H21F3N4O2. The smallest absolute Gasteiger partial charge is 0.404 e. The van der Waals surface area contributed by atoms with Crippen molar-refractivity contribution >= 4 is 23.3 Å². The Kier molecular flexibility index (Phi) is 7.35. The lowest BCUT2D eigenvalue weighted by Crippen LogP contribution is -2.47. The second-order valence-corrected chi connectivity index (χ2v) is 6.41. The summed E-state index contributed by atoms with van der Waals surface area (Å²) in [4.78, 5) is 29.1. The van der Waals surface area contributed by atoms with Crippen molar-refractivity contribution in [3.63, 3.8) is 0 Å². The van der Waals surface area contributed by atoms with Crippen LogP contribution in [0.5, 0.6) is 0 Å². The van der Waals surface area contributed by atoms with Crippen molar-refractivity contribution in [3.8, 4) is 0 Å². The number of benzene rings is 2. The second kappa shape index (κ2) is 9.73. The number of carbonyl (C=O) groups is 2. The van der Waals surface area contributed by atoms with Crippen LogP contribution in [0.25, 0.3) is 0 Å². The number of alkyl halides is 3. The number of para-hydroxylation sites is 1. The zero-order valence-corrected chi connectivity index (χ0v) is 16.3. The number of halogens is 3. The van der Waals surface area contributed by atoms with Gasteiger partial charge in [-0.2, -0.15) is 13.2 Å². The Bertz CT molecular complexity index is 970. The van der Waals surface area contributed by atoms with E-state index in [-0.39, 0.29) is 11.4 Å². The summed E-state index contributed by atoms with van der Waals surface area (Å²) in [6.07, 6.45) is -3.30.